The van der Waals surface area contributed by atoms with Crippen molar-refractivity contribution in [2.75, 3.05) is 5.32 Å². The van der Waals surface area contributed by atoms with Crippen molar-refractivity contribution in [3.05, 3.63) is 35.5 Å². The van der Waals surface area contributed by atoms with Gasteiger partial charge in [0.05, 0.1) is 23.5 Å². The van der Waals surface area contributed by atoms with E-state index in [9.17, 15) is 0 Å². The number of nitrogens with one attached hydrogen (secondary N) is 1. The van der Waals surface area contributed by atoms with Crippen LogP contribution in [0.25, 0.3) is 0 Å². The van der Waals surface area contributed by atoms with Crippen LogP contribution in [0.3, 0.4) is 0 Å². The monoisotopic (exact) mass is 359 g/mol. The Morgan fingerprint density at radius 3 is 2.96 bits per heavy atom. The van der Waals surface area contributed by atoms with Crippen LogP contribution in [0.15, 0.2) is 40.0 Å². The van der Waals surface area contributed by atoms with Crippen LogP contribution in [0.2, 0.25) is 12.6 Å². The van der Waals surface area contributed by atoms with Gasteiger partial charge < -0.3 is 11.1 Å². The fraction of sp³-hybridized carbons (Fsp3) is 0.476. The second-order valence-corrected chi connectivity index (χ2v) is 8.02. The quantitative estimate of drug-likeness (QED) is 0.617. The van der Waals surface area contributed by atoms with Crippen LogP contribution in [0.4, 0.5) is 11.4 Å². The number of hydrogen-bond donors (Lipinski definition) is 2. The number of benzene rings is 1. The van der Waals surface area contributed by atoms with Crippen LogP contribution in [0, 0.1) is 17.1 Å². The molecule has 0 spiro atoms. The van der Waals surface area contributed by atoms with Gasteiger partial charge in [0.25, 0.3) is 6.71 Å². The normalized spacial score (nSPS) is 27.5. The van der Waals surface area contributed by atoms with E-state index in [0.717, 1.165) is 35.5 Å². The van der Waals surface area contributed by atoms with E-state index in [1.807, 2.05) is 12.4 Å². The molecule has 6 heteroatoms. The van der Waals surface area contributed by atoms with Crippen molar-refractivity contribution in [3.8, 4) is 5.97 Å². The lowest BCUT2D eigenvalue weighted by atomic mass is 9.32. The van der Waals surface area contributed by atoms with Crippen molar-refractivity contribution in [2.45, 2.75) is 56.8 Å². The molecular formula is C21H26BN5. The minimum atomic E-state index is -0.0585. The number of fused-ring (bicyclic) bond motifs is 1. The van der Waals surface area contributed by atoms with Gasteiger partial charge in [0.15, 0.2) is 0 Å². The lowest BCUT2D eigenvalue weighted by molar-refractivity contribution is 0.260. The molecule has 1 aromatic rings. The first-order chi connectivity index (χ1) is 13.2. The molecule has 1 aromatic carbocycles. The fourth-order valence-corrected chi connectivity index (χ4v) is 4.13. The van der Waals surface area contributed by atoms with E-state index in [0.29, 0.717) is 12.0 Å². The van der Waals surface area contributed by atoms with Gasteiger partial charge in [-0.25, -0.2) is 5.26 Å². The zero-order valence-electron chi connectivity index (χ0n) is 15.8. The van der Waals surface area contributed by atoms with Crippen LogP contribution < -0.4 is 11.1 Å². The van der Waals surface area contributed by atoms with Gasteiger partial charge in [-0.15, -0.1) is 0 Å². The number of rotatable bonds is 5. The third-order valence-corrected chi connectivity index (χ3v) is 6.26. The van der Waals surface area contributed by atoms with E-state index in [-0.39, 0.29) is 12.8 Å². The second kappa shape index (κ2) is 7.60. The number of aliphatic imine (C=N–C) groups is 2. The first-order valence-electron chi connectivity index (χ1n) is 9.99. The zero-order valence-corrected chi connectivity index (χ0v) is 15.8. The maximum atomic E-state index is 8.99. The van der Waals surface area contributed by atoms with Crippen molar-refractivity contribution in [1.29, 1.82) is 5.26 Å². The maximum Gasteiger partial charge on any atom is 0.269 e. The molecule has 0 aromatic heterocycles. The van der Waals surface area contributed by atoms with E-state index in [2.05, 4.69) is 41.4 Å². The molecule has 1 unspecified atom stereocenters. The minimum Gasteiger partial charge on any atom is -0.404 e. The van der Waals surface area contributed by atoms with E-state index in [1.165, 1.54) is 24.8 Å². The summed E-state index contributed by atoms with van der Waals surface area (Å²) in [6, 6.07) is 6.76. The highest BCUT2D eigenvalue weighted by molar-refractivity contribution is 6.70. The molecule has 0 bridgehead atoms. The fourth-order valence-electron chi connectivity index (χ4n) is 4.13. The molecule has 3 N–H and O–H groups in total. The highest BCUT2D eigenvalue weighted by Gasteiger charge is 2.34. The summed E-state index contributed by atoms with van der Waals surface area (Å²) >= 11 is 0. The van der Waals surface area contributed by atoms with Crippen LogP contribution in [-0.4, -0.2) is 31.2 Å². The topological polar surface area (TPSA) is 86.6 Å². The van der Waals surface area contributed by atoms with Crippen LogP contribution >= 0.6 is 0 Å². The number of hydrogen-bond acceptors (Lipinski definition) is 5. The van der Waals surface area contributed by atoms with Gasteiger partial charge in [-0.05, 0) is 42.4 Å². The lowest BCUT2D eigenvalue weighted by Crippen LogP contribution is -2.30. The average Bonchev–Trinajstić information content (AvgIpc) is 2.62. The van der Waals surface area contributed by atoms with E-state index in [4.69, 9.17) is 16.0 Å². The van der Waals surface area contributed by atoms with Gasteiger partial charge in [-0.1, -0.05) is 32.1 Å². The van der Waals surface area contributed by atoms with Crippen molar-refractivity contribution in [3.63, 3.8) is 0 Å². The Morgan fingerprint density at radius 2 is 2.26 bits per heavy atom. The van der Waals surface area contributed by atoms with Crippen molar-refractivity contribution >= 4 is 30.5 Å². The molecule has 2 heterocycles. The zero-order chi connectivity index (χ0) is 18.8. The lowest BCUT2D eigenvalue weighted by Gasteiger charge is -2.32. The second-order valence-electron chi connectivity index (χ2n) is 8.02. The third kappa shape index (κ3) is 3.64. The Kier molecular flexibility index (Phi) is 5.02. The third-order valence-electron chi connectivity index (χ3n) is 6.26. The molecule has 5 nitrogen and oxygen atoms in total. The Hall–Kier alpha value is -2.55. The van der Waals surface area contributed by atoms with Crippen molar-refractivity contribution in [1.82, 2.24) is 0 Å². The summed E-state index contributed by atoms with van der Waals surface area (Å²) in [4.78, 5) is 9.32. The Bertz CT molecular complexity index is 825. The van der Waals surface area contributed by atoms with Crippen molar-refractivity contribution < 1.29 is 0 Å². The molecule has 0 radical (unpaired) electrons. The molecule has 1 atom stereocenters. The van der Waals surface area contributed by atoms with Gasteiger partial charge in [0, 0.05) is 30.2 Å². The number of nitriles is 1. The number of nitrogens with two attached hydrogens (primary N) is 1. The predicted molar refractivity (Wildman–Crippen MR) is 113 cm³/mol. The van der Waals surface area contributed by atoms with Gasteiger partial charge in [0.2, 0.25) is 0 Å². The molecule has 2 fully saturated rings. The smallest absolute Gasteiger partial charge is 0.269 e. The largest absolute Gasteiger partial charge is 0.404 e. The summed E-state index contributed by atoms with van der Waals surface area (Å²) in [5.74, 6) is 3.68. The summed E-state index contributed by atoms with van der Waals surface area (Å²) in [5.41, 5.74) is 10.1. The Morgan fingerprint density at radius 1 is 1.44 bits per heavy atom. The first-order valence-corrected chi connectivity index (χ1v) is 9.99. The van der Waals surface area contributed by atoms with Crippen LogP contribution in [-0.2, 0) is 0 Å². The molecule has 1 saturated carbocycles. The summed E-state index contributed by atoms with van der Waals surface area (Å²) in [7, 11) is 0. The molecule has 138 valence electrons. The molecule has 4 rings (SSSR count). The number of nitrogens with zero attached hydrogens (tertiary/aromatic N) is 3. The van der Waals surface area contributed by atoms with Crippen LogP contribution in [0.5, 0.6) is 0 Å². The summed E-state index contributed by atoms with van der Waals surface area (Å²) in [5, 5.41) is 12.5. The molecule has 0 amide bonds. The molecule has 2 aliphatic heterocycles. The van der Waals surface area contributed by atoms with E-state index < -0.39 is 0 Å². The molecule has 1 aliphatic carbocycles. The Labute approximate surface area is 161 Å². The van der Waals surface area contributed by atoms with Crippen molar-refractivity contribution in [2.24, 2.45) is 21.6 Å². The molecule has 27 heavy (non-hydrogen) atoms. The SMILES string of the molecule is CCC1CC(N=CC(=CN)C2C=Nc3ccc(C4CB(C#N)C4)cc3N2)C1. The first kappa shape index (κ1) is 17.8. The van der Waals surface area contributed by atoms with Crippen LogP contribution in [0.1, 0.15) is 37.7 Å². The average molecular weight is 359 g/mol. The minimum absolute atomic E-state index is 0.0585. The Balaban J connectivity index is 1.42. The molecule has 1 saturated heterocycles. The van der Waals surface area contributed by atoms with E-state index in [1.54, 1.807) is 6.20 Å². The highest BCUT2D eigenvalue weighted by Crippen LogP contribution is 2.41. The van der Waals surface area contributed by atoms with Gasteiger partial charge in [-0.2, -0.15) is 0 Å². The maximum absolute atomic E-state index is 8.99. The standard InChI is InChI=1S/C21H26BN5/c1-2-14-5-18(6-14)25-11-17(10-23)21-12-26-19-4-3-15(7-20(19)27-21)16-8-22(9-16)13-24/h3-4,7,10-12,14,16,18,21,27H,2,5-6,8-9,23H2,1H3. The highest BCUT2D eigenvalue weighted by atomic mass is 15.0. The molecular weight excluding hydrogens is 333 g/mol. The van der Waals surface area contributed by atoms with Gasteiger partial charge >= 0.3 is 0 Å². The molecule has 3 aliphatic rings. The predicted octanol–water partition coefficient (Wildman–Crippen LogP) is 3.94. The van der Waals surface area contributed by atoms with Gasteiger partial charge in [0.1, 0.15) is 0 Å². The van der Waals surface area contributed by atoms with E-state index >= 15 is 0 Å². The summed E-state index contributed by atoms with van der Waals surface area (Å²) in [6.45, 7) is 2.46. The summed E-state index contributed by atoms with van der Waals surface area (Å²) in [6.07, 6.45) is 11.0. The number of anilines is 1. The van der Waals surface area contributed by atoms with Gasteiger partial charge in [-0.3, -0.25) is 9.98 Å². The summed E-state index contributed by atoms with van der Waals surface area (Å²) < 4.78 is 0.